The largest absolute Gasteiger partial charge is 0.453 e. The second-order valence-electron chi connectivity index (χ2n) is 6.44. The maximum absolute atomic E-state index is 11.8. The van der Waals surface area contributed by atoms with Crippen LogP contribution in [0.4, 0.5) is 4.79 Å². The third kappa shape index (κ3) is 12.9. The monoisotopic (exact) mass is 343 g/mol. The van der Waals surface area contributed by atoms with Gasteiger partial charge in [-0.1, -0.05) is 33.1 Å². The molecule has 0 heterocycles. The molecule has 0 spiro atoms. The molecular weight excluding hydrogens is 310 g/mol. The predicted octanol–water partition coefficient (Wildman–Crippen LogP) is 1.74. The van der Waals surface area contributed by atoms with Gasteiger partial charge in [0.05, 0.1) is 19.7 Å². The van der Waals surface area contributed by atoms with Crippen LogP contribution in [0, 0.1) is 5.92 Å². The average molecular weight is 343 g/mol. The first-order chi connectivity index (χ1) is 11.4. The van der Waals surface area contributed by atoms with E-state index in [9.17, 15) is 14.4 Å². The number of carbonyl (C=O) groups is 3. The van der Waals surface area contributed by atoms with Gasteiger partial charge in [-0.15, -0.1) is 0 Å². The first kappa shape index (κ1) is 22.4. The summed E-state index contributed by atoms with van der Waals surface area (Å²) in [5.41, 5.74) is 5.33. The highest BCUT2D eigenvalue weighted by atomic mass is 16.5. The second-order valence-corrected chi connectivity index (χ2v) is 6.44. The quantitative estimate of drug-likeness (QED) is 0.416. The number of nitrogens with one attached hydrogen (secondary N) is 2. The number of hydrogen-bond donors (Lipinski definition) is 3. The molecule has 0 aliphatic heterocycles. The Morgan fingerprint density at radius 1 is 1.04 bits per heavy atom. The van der Waals surface area contributed by atoms with E-state index in [1.807, 2.05) is 13.8 Å². The zero-order valence-electron chi connectivity index (χ0n) is 15.2. The summed E-state index contributed by atoms with van der Waals surface area (Å²) < 4.78 is 4.47. The Hall–Kier alpha value is -1.63. The van der Waals surface area contributed by atoms with Crippen molar-refractivity contribution in [2.45, 2.75) is 64.8 Å². The van der Waals surface area contributed by atoms with Gasteiger partial charge < -0.3 is 15.8 Å². The lowest BCUT2D eigenvalue weighted by Crippen LogP contribution is -2.44. The number of nitrogens with two attached hydrogens (primary N) is 1. The summed E-state index contributed by atoms with van der Waals surface area (Å²) in [6.07, 6.45) is 5.52. The number of alkyl carbamates (subject to hydrolysis) is 1. The number of primary amides is 1. The molecule has 0 unspecified atom stereocenters. The molecule has 0 aliphatic carbocycles. The number of unbranched alkanes of at least 4 members (excludes halogenated alkanes) is 4. The van der Waals surface area contributed by atoms with Crippen molar-refractivity contribution in [3.05, 3.63) is 0 Å². The highest BCUT2D eigenvalue weighted by Gasteiger charge is 2.17. The van der Waals surface area contributed by atoms with E-state index < -0.39 is 18.0 Å². The summed E-state index contributed by atoms with van der Waals surface area (Å²) in [7, 11) is 1.34. The van der Waals surface area contributed by atoms with Crippen LogP contribution in [0.3, 0.4) is 0 Å². The number of carbonyl (C=O) groups excluding carboxylic acids is 3. The van der Waals surface area contributed by atoms with Crippen molar-refractivity contribution in [3.63, 3.8) is 0 Å². The van der Waals surface area contributed by atoms with Crippen LogP contribution in [-0.4, -0.2) is 44.0 Å². The van der Waals surface area contributed by atoms with Crippen molar-refractivity contribution in [1.29, 1.82) is 0 Å². The van der Waals surface area contributed by atoms with Gasteiger partial charge in [-0.05, 0) is 25.2 Å². The van der Waals surface area contributed by atoms with E-state index >= 15 is 0 Å². The molecule has 7 heteroatoms. The minimum Gasteiger partial charge on any atom is -0.453 e. The number of amides is 2. The molecule has 0 saturated carbocycles. The third-order valence-corrected chi connectivity index (χ3v) is 3.68. The van der Waals surface area contributed by atoms with E-state index in [1.165, 1.54) is 7.11 Å². The molecule has 1 atom stereocenters. The molecule has 0 aliphatic rings. The molecule has 0 fully saturated rings. The number of ketones is 1. The standard InChI is InChI=1S/C17H33N3O4/c1-13(2)11-15(16(18)22)20-12-14(21)9-7-5-4-6-8-10-19-17(23)24-3/h13,15,20H,4-12H2,1-3H3,(H2,18,22)(H,19,23)/t15-/m0/s1. The molecule has 0 aromatic carbocycles. The van der Waals surface area contributed by atoms with Crippen molar-refractivity contribution >= 4 is 17.8 Å². The van der Waals surface area contributed by atoms with Crippen molar-refractivity contribution in [3.8, 4) is 0 Å². The van der Waals surface area contributed by atoms with E-state index in [2.05, 4.69) is 15.4 Å². The summed E-state index contributed by atoms with van der Waals surface area (Å²) in [6.45, 7) is 4.84. The smallest absolute Gasteiger partial charge is 0.406 e. The minimum absolute atomic E-state index is 0.109. The van der Waals surface area contributed by atoms with Crippen LogP contribution in [0.25, 0.3) is 0 Å². The summed E-state index contributed by atoms with van der Waals surface area (Å²) in [5, 5.41) is 5.59. The molecule has 140 valence electrons. The molecule has 0 bridgehead atoms. The SMILES string of the molecule is COC(=O)NCCCCCCCC(=O)CN[C@@H](CC(C)C)C(N)=O. The van der Waals surface area contributed by atoms with E-state index in [1.54, 1.807) is 0 Å². The number of rotatable bonds is 14. The topological polar surface area (TPSA) is 111 Å². The normalized spacial score (nSPS) is 12.0. The third-order valence-electron chi connectivity index (χ3n) is 3.68. The Bertz CT molecular complexity index is 386. The predicted molar refractivity (Wildman–Crippen MR) is 93.6 cm³/mol. The fourth-order valence-corrected chi connectivity index (χ4v) is 2.34. The maximum atomic E-state index is 11.8. The maximum Gasteiger partial charge on any atom is 0.406 e. The van der Waals surface area contributed by atoms with Crippen molar-refractivity contribution in [2.75, 3.05) is 20.2 Å². The summed E-state index contributed by atoms with van der Waals surface area (Å²) in [4.78, 5) is 34.0. The van der Waals surface area contributed by atoms with Gasteiger partial charge in [0, 0.05) is 13.0 Å². The fraction of sp³-hybridized carbons (Fsp3) is 0.824. The summed E-state index contributed by atoms with van der Waals surface area (Å²) in [6, 6.07) is -0.434. The Morgan fingerprint density at radius 2 is 1.67 bits per heavy atom. The second kappa shape index (κ2) is 13.8. The van der Waals surface area contributed by atoms with Gasteiger partial charge >= 0.3 is 6.09 Å². The first-order valence-electron chi connectivity index (χ1n) is 8.73. The molecule has 4 N–H and O–H groups in total. The van der Waals surface area contributed by atoms with E-state index in [0.29, 0.717) is 25.3 Å². The van der Waals surface area contributed by atoms with Crippen LogP contribution in [0.5, 0.6) is 0 Å². The van der Waals surface area contributed by atoms with Crippen molar-refractivity contribution in [1.82, 2.24) is 10.6 Å². The number of methoxy groups -OCH3 is 1. The van der Waals surface area contributed by atoms with Crippen LogP contribution in [0.2, 0.25) is 0 Å². The van der Waals surface area contributed by atoms with Crippen LogP contribution in [0.1, 0.15) is 58.8 Å². The Labute approximate surface area is 145 Å². The lowest BCUT2D eigenvalue weighted by atomic mass is 10.0. The van der Waals surface area contributed by atoms with Crippen LogP contribution < -0.4 is 16.4 Å². The van der Waals surface area contributed by atoms with Crippen LogP contribution in [-0.2, 0) is 14.3 Å². The minimum atomic E-state index is -0.434. The van der Waals surface area contributed by atoms with Crippen LogP contribution in [0.15, 0.2) is 0 Å². The summed E-state index contributed by atoms with van der Waals surface area (Å²) in [5.74, 6) is 0.0493. The Kier molecular flexibility index (Phi) is 12.8. The Balaban J connectivity index is 3.62. The van der Waals surface area contributed by atoms with Gasteiger partial charge in [-0.3, -0.25) is 14.9 Å². The lowest BCUT2D eigenvalue weighted by Gasteiger charge is -2.16. The number of ether oxygens (including phenoxy) is 1. The molecule has 24 heavy (non-hydrogen) atoms. The van der Waals surface area contributed by atoms with Gasteiger partial charge in [0.25, 0.3) is 0 Å². The first-order valence-corrected chi connectivity index (χ1v) is 8.73. The van der Waals surface area contributed by atoms with Gasteiger partial charge in [0.2, 0.25) is 5.91 Å². The lowest BCUT2D eigenvalue weighted by molar-refractivity contribution is -0.121. The van der Waals surface area contributed by atoms with E-state index in [0.717, 1.165) is 32.1 Å². The Morgan fingerprint density at radius 3 is 2.25 bits per heavy atom. The molecule has 2 amide bonds. The van der Waals surface area contributed by atoms with Crippen molar-refractivity contribution < 1.29 is 19.1 Å². The molecule has 0 aromatic heterocycles. The van der Waals surface area contributed by atoms with Crippen LogP contribution >= 0.6 is 0 Å². The average Bonchev–Trinajstić information content (AvgIpc) is 2.52. The number of hydrogen-bond acceptors (Lipinski definition) is 5. The molecule has 7 nitrogen and oxygen atoms in total. The fourth-order valence-electron chi connectivity index (χ4n) is 2.34. The highest BCUT2D eigenvalue weighted by Crippen LogP contribution is 2.07. The molecular formula is C17H33N3O4. The van der Waals surface area contributed by atoms with Gasteiger partial charge in [0.1, 0.15) is 5.78 Å². The van der Waals surface area contributed by atoms with E-state index in [4.69, 9.17) is 5.73 Å². The highest BCUT2D eigenvalue weighted by molar-refractivity contribution is 5.83. The van der Waals surface area contributed by atoms with E-state index in [-0.39, 0.29) is 12.3 Å². The van der Waals surface area contributed by atoms with Gasteiger partial charge in [-0.25, -0.2) is 4.79 Å². The molecule has 0 aromatic rings. The molecule has 0 saturated heterocycles. The molecule has 0 rings (SSSR count). The molecule has 0 radical (unpaired) electrons. The zero-order valence-corrected chi connectivity index (χ0v) is 15.2. The zero-order chi connectivity index (χ0) is 18.4. The van der Waals surface area contributed by atoms with Crippen molar-refractivity contribution in [2.24, 2.45) is 11.7 Å². The summed E-state index contributed by atoms with van der Waals surface area (Å²) >= 11 is 0. The van der Waals surface area contributed by atoms with Gasteiger partial charge in [0.15, 0.2) is 0 Å². The van der Waals surface area contributed by atoms with Gasteiger partial charge in [-0.2, -0.15) is 0 Å². The number of Topliss-reactive ketones (excluding diaryl/α,β-unsaturated/α-hetero) is 1.